The van der Waals surface area contributed by atoms with Crippen molar-refractivity contribution >= 4 is 5.91 Å². The molecule has 2 aromatic carbocycles. The zero-order valence-corrected chi connectivity index (χ0v) is 19.3. The normalized spacial score (nSPS) is 11.7. The van der Waals surface area contributed by atoms with E-state index >= 15 is 0 Å². The molecule has 4 aromatic rings. The third kappa shape index (κ3) is 5.57. The molecule has 0 aliphatic carbocycles. The van der Waals surface area contributed by atoms with Crippen molar-refractivity contribution in [3.8, 4) is 22.5 Å². The minimum Gasteiger partial charge on any atom is -0.352 e. The summed E-state index contributed by atoms with van der Waals surface area (Å²) in [5.74, 6) is -0.778. The second-order valence-corrected chi connectivity index (χ2v) is 8.12. The highest BCUT2D eigenvalue weighted by Crippen LogP contribution is 2.17. The lowest BCUT2D eigenvalue weighted by atomic mass is 10.1. The Bertz CT molecular complexity index is 1460. The first-order valence-corrected chi connectivity index (χ1v) is 11.1. The number of amides is 1. The fourth-order valence-corrected chi connectivity index (χ4v) is 3.51. The minimum atomic E-state index is -0.858. The van der Waals surface area contributed by atoms with Crippen LogP contribution in [0.1, 0.15) is 18.5 Å². The molecule has 4 rings (SSSR count). The largest absolute Gasteiger partial charge is 0.352 e. The Morgan fingerprint density at radius 3 is 2.09 bits per heavy atom. The molecule has 0 saturated carbocycles. The molecule has 1 atom stereocenters. The van der Waals surface area contributed by atoms with Gasteiger partial charge in [0, 0.05) is 29.8 Å². The van der Waals surface area contributed by atoms with Crippen molar-refractivity contribution in [2.75, 3.05) is 6.54 Å². The maximum Gasteiger partial charge on any atom is 0.267 e. The van der Waals surface area contributed by atoms with E-state index in [9.17, 15) is 18.8 Å². The molecule has 9 heteroatoms. The quantitative estimate of drug-likeness (QED) is 0.445. The third-order valence-electron chi connectivity index (χ3n) is 5.55. The van der Waals surface area contributed by atoms with Crippen LogP contribution in [0.3, 0.4) is 0 Å². The van der Waals surface area contributed by atoms with Crippen LogP contribution in [-0.2, 0) is 11.3 Å². The summed E-state index contributed by atoms with van der Waals surface area (Å²) in [4.78, 5) is 37.3. The van der Waals surface area contributed by atoms with Crippen LogP contribution in [0.15, 0.2) is 82.4 Å². The van der Waals surface area contributed by atoms with Crippen molar-refractivity contribution in [1.29, 1.82) is 0 Å². The van der Waals surface area contributed by atoms with Gasteiger partial charge in [-0.25, -0.2) is 13.8 Å². The Balaban J connectivity index is 1.44. The summed E-state index contributed by atoms with van der Waals surface area (Å²) in [5, 5.41) is 11.4. The van der Waals surface area contributed by atoms with Crippen LogP contribution in [0.4, 0.5) is 4.39 Å². The Labute approximate surface area is 200 Å². The first kappa shape index (κ1) is 23.7. The van der Waals surface area contributed by atoms with E-state index in [0.29, 0.717) is 17.0 Å². The number of hydrogen-bond donors (Lipinski definition) is 1. The number of carbonyl (C=O) groups is 1. The summed E-state index contributed by atoms with van der Waals surface area (Å²) in [7, 11) is 0. The van der Waals surface area contributed by atoms with Crippen LogP contribution in [0, 0.1) is 12.7 Å². The van der Waals surface area contributed by atoms with Gasteiger partial charge in [-0.2, -0.15) is 10.2 Å². The molecule has 1 N–H and O–H groups in total. The SMILES string of the molecule is Cc1ccc(-c2ccc(=O)n(C(C)C(=O)NCCn3nc(-c4ccc(F)cc4)ccc3=O)n2)cc1. The molecule has 0 aliphatic heterocycles. The molecule has 8 nitrogen and oxygen atoms in total. The summed E-state index contributed by atoms with van der Waals surface area (Å²) in [6.45, 7) is 3.81. The van der Waals surface area contributed by atoms with Crippen molar-refractivity contribution in [2.24, 2.45) is 0 Å². The van der Waals surface area contributed by atoms with Gasteiger partial charge < -0.3 is 5.32 Å². The molecule has 0 radical (unpaired) electrons. The number of aromatic nitrogens is 4. The predicted molar refractivity (Wildman–Crippen MR) is 130 cm³/mol. The fourth-order valence-electron chi connectivity index (χ4n) is 3.51. The highest BCUT2D eigenvalue weighted by Gasteiger charge is 2.18. The zero-order valence-electron chi connectivity index (χ0n) is 19.3. The monoisotopic (exact) mass is 473 g/mol. The van der Waals surface area contributed by atoms with Crippen molar-refractivity contribution in [1.82, 2.24) is 24.9 Å². The molecule has 1 amide bonds. The number of hydrogen-bond acceptors (Lipinski definition) is 5. The lowest BCUT2D eigenvalue weighted by Crippen LogP contribution is -2.39. The highest BCUT2D eigenvalue weighted by atomic mass is 19.1. The summed E-state index contributed by atoms with van der Waals surface area (Å²) >= 11 is 0. The molecule has 0 fully saturated rings. The first-order chi connectivity index (χ1) is 16.8. The van der Waals surface area contributed by atoms with E-state index in [1.807, 2.05) is 31.2 Å². The van der Waals surface area contributed by atoms with Gasteiger partial charge in [-0.15, -0.1) is 0 Å². The van der Waals surface area contributed by atoms with Crippen LogP contribution in [0.5, 0.6) is 0 Å². The summed E-state index contributed by atoms with van der Waals surface area (Å²) < 4.78 is 15.6. The van der Waals surface area contributed by atoms with Crippen molar-refractivity contribution < 1.29 is 9.18 Å². The van der Waals surface area contributed by atoms with Crippen molar-refractivity contribution in [3.63, 3.8) is 0 Å². The Kier molecular flexibility index (Phi) is 6.96. The molecule has 1 unspecified atom stereocenters. The van der Waals surface area contributed by atoms with E-state index < -0.39 is 17.5 Å². The standard InChI is InChI=1S/C26H24FN5O3/c1-17-3-5-19(6-4-17)23-12-14-25(34)32(30-23)18(2)26(35)28-15-16-31-24(33)13-11-22(29-31)20-7-9-21(27)10-8-20/h3-14,18H,15-16H2,1-2H3,(H,28,35). The van der Waals surface area contributed by atoms with Gasteiger partial charge in [-0.05, 0) is 50.2 Å². The van der Waals surface area contributed by atoms with Gasteiger partial charge in [-0.1, -0.05) is 29.8 Å². The lowest BCUT2D eigenvalue weighted by molar-refractivity contribution is -0.124. The van der Waals surface area contributed by atoms with E-state index in [1.165, 1.54) is 28.9 Å². The lowest BCUT2D eigenvalue weighted by Gasteiger charge is -2.15. The molecule has 0 spiro atoms. The van der Waals surface area contributed by atoms with Crippen LogP contribution in [0.25, 0.3) is 22.5 Å². The first-order valence-electron chi connectivity index (χ1n) is 11.1. The van der Waals surface area contributed by atoms with E-state index in [0.717, 1.165) is 15.8 Å². The Morgan fingerprint density at radius 2 is 1.43 bits per heavy atom. The Hall–Kier alpha value is -4.40. The molecule has 0 saturated heterocycles. The number of benzene rings is 2. The van der Waals surface area contributed by atoms with Crippen LogP contribution >= 0.6 is 0 Å². The van der Waals surface area contributed by atoms with E-state index in [1.54, 1.807) is 31.2 Å². The van der Waals surface area contributed by atoms with Gasteiger partial charge in [0.25, 0.3) is 11.1 Å². The second kappa shape index (κ2) is 10.3. The average Bonchev–Trinajstić information content (AvgIpc) is 2.86. The molecule has 178 valence electrons. The number of aryl methyl sites for hydroxylation is 1. The summed E-state index contributed by atoms with van der Waals surface area (Å²) in [6, 6.07) is 18.6. The molecule has 0 bridgehead atoms. The molecule has 0 aliphatic rings. The number of rotatable bonds is 7. The van der Waals surface area contributed by atoms with Gasteiger partial charge in [-0.3, -0.25) is 14.4 Å². The van der Waals surface area contributed by atoms with E-state index in [-0.39, 0.29) is 24.5 Å². The second-order valence-electron chi connectivity index (χ2n) is 8.12. The molecule has 2 heterocycles. The van der Waals surface area contributed by atoms with Crippen molar-refractivity contribution in [3.05, 3.63) is 105 Å². The van der Waals surface area contributed by atoms with Crippen molar-refractivity contribution in [2.45, 2.75) is 26.4 Å². The predicted octanol–water partition coefficient (Wildman–Crippen LogP) is 2.96. The van der Waals surface area contributed by atoms with E-state index in [4.69, 9.17) is 0 Å². The van der Waals surface area contributed by atoms with Gasteiger partial charge in [0.15, 0.2) is 0 Å². The highest BCUT2D eigenvalue weighted by molar-refractivity contribution is 5.79. The maximum atomic E-state index is 13.2. The van der Waals surface area contributed by atoms with Gasteiger partial charge in [0.1, 0.15) is 11.9 Å². The molecule has 35 heavy (non-hydrogen) atoms. The van der Waals surface area contributed by atoms with Gasteiger partial charge >= 0.3 is 0 Å². The number of carbonyl (C=O) groups excluding carboxylic acids is 1. The topological polar surface area (TPSA) is 98.9 Å². The number of halogens is 1. The summed E-state index contributed by atoms with van der Waals surface area (Å²) in [5.41, 5.74) is 2.97. The Morgan fingerprint density at radius 1 is 0.857 bits per heavy atom. The fraction of sp³-hybridized carbons (Fsp3) is 0.192. The maximum absolute atomic E-state index is 13.2. The zero-order chi connectivity index (χ0) is 24.9. The van der Waals surface area contributed by atoms with Gasteiger partial charge in [0.2, 0.25) is 5.91 Å². The molecular weight excluding hydrogens is 449 g/mol. The third-order valence-corrected chi connectivity index (χ3v) is 5.55. The van der Waals surface area contributed by atoms with Crippen LogP contribution < -0.4 is 16.4 Å². The molecule has 2 aromatic heterocycles. The average molecular weight is 474 g/mol. The van der Waals surface area contributed by atoms with E-state index in [2.05, 4.69) is 15.5 Å². The smallest absolute Gasteiger partial charge is 0.267 e. The van der Waals surface area contributed by atoms with Crippen LogP contribution in [-0.4, -0.2) is 32.0 Å². The number of nitrogens with one attached hydrogen (secondary N) is 1. The molecular formula is C26H24FN5O3. The number of nitrogens with zero attached hydrogens (tertiary/aromatic N) is 4. The summed E-state index contributed by atoms with van der Waals surface area (Å²) in [6.07, 6.45) is 0. The van der Waals surface area contributed by atoms with Crippen LogP contribution in [0.2, 0.25) is 0 Å². The van der Waals surface area contributed by atoms with Gasteiger partial charge in [0.05, 0.1) is 17.9 Å². The minimum absolute atomic E-state index is 0.120.